The molecule has 0 aromatic heterocycles. The maximum Gasteiger partial charge on any atom is 0.365 e. The molecule has 0 saturated heterocycles. The van der Waals surface area contributed by atoms with Crippen LogP contribution in [0.15, 0.2) is 41.6 Å². The predicted molar refractivity (Wildman–Crippen MR) is 135 cm³/mol. The van der Waals surface area contributed by atoms with Crippen molar-refractivity contribution in [3.8, 4) is 5.75 Å². The Balaban J connectivity index is 1.60. The maximum atomic E-state index is 13.8. The van der Waals surface area contributed by atoms with Gasteiger partial charge in [0.2, 0.25) is 5.91 Å². The third-order valence-corrected chi connectivity index (χ3v) is 8.71. The molecule has 2 bridgehead atoms. The van der Waals surface area contributed by atoms with Crippen LogP contribution in [-0.2, 0) is 9.63 Å². The predicted octanol–water partition coefficient (Wildman–Crippen LogP) is 5.93. The number of carbonyl (C=O) groups is 2. The van der Waals surface area contributed by atoms with Gasteiger partial charge in [-0.15, -0.1) is 0 Å². The zero-order valence-corrected chi connectivity index (χ0v) is 21.6. The van der Waals surface area contributed by atoms with Crippen molar-refractivity contribution in [3.05, 3.63) is 62.7 Å². The quantitative estimate of drug-likeness (QED) is 0.290. The lowest BCUT2D eigenvalue weighted by molar-refractivity contribution is -0.384. The van der Waals surface area contributed by atoms with Crippen molar-refractivity contribution in [1.82, 2.24) is 0 Å². The minimum Gasteiger partial charge on any atom is -0.495 e. The minimum atomic E-state index is -0.838. The molecule has 2 atom stereocenters. The molecule has 4 rings (SSSR count). The largest absolute Gasteiger partial charge is 0.495 e. The van der Waals surface area contributed by atoms with Crippen LogP contribution in [0.2, 0.25) is 5.02 Å². The van der Waals surface area contributed by atoms with Gasteiger partial charge >= 0.3 is 5.97 Å². The Kier molecular flexibility index (Phi) is 6.33. The minimum absolute atomic E-state index is 0.0398. The van der Waals surface area contributed by atoms with Crippen LogP contribution in [0, 0.1) is 33.3 Å². The number of hydrogen-bond donors (Lipinski definition) is 1. The van der Waals surface area contributed by atoms with Gasteiger partial charge in [0.1, 0.15) is 10.8 Å². The molecule has 9 nitrogen and oxygen atoms in total. The lowest BCUT2D eigenvalue weighted by Gasteiger charge is -2.39. The van der Waals surface area contributed by atoms with Crippen LogP contribution < -0.4 is 10.1 Å². The van der Waals surface area contributed by atoms with E-state index in [0.29, 0.717) is 36.4 Å². The fraction of sp³-hybridized carbons (Fsp3) is 0.423. The summed E-state index contributed by atoms with van der Waals surface area (Å²) in [7, 11) is 1.55. The Morgan fingerprint density at radius 2 is 1.86 bits per heavy atom. The van der Waals surface area contributed by atoms with Crippen molar-refractivity contribution in [1.29, 1.82) is 0 Å². The second kappa shape index (κ2) is 8.89. The Morgan fingerprint density at radius 1 is 1.14 bits per heavy atom. The zero-order chi connectivity index (χ0) is 26.5. The summed E-state index contributed by atoms with van der Waals surface area (Å²) in [6.07, 6.45) is 1.68. The van der Waals surface area contributed by atoms with Gasteiger partial charge in [-0.05, 0) is 55.0 Å². The molecule has 0 heterocycles. The van der Waals surface area contributed by atoms with Gasteiger partial charge in [-0.25, -0.2) is 4.79 Å². The summed E-state index contributed by atoms with van der Waals surface area (Å²) < 4.78 is 5.42. The monoisotopic (exact) mass is 513 g/mol. The lowest BCUT2D eigenvalue weighted by Crippen LogP contribution is -2.43. The number of benzene rings is 2. The van der Waals surface area contributed by atoms with Crippen molar-refractivity contribution >= 4 is 40.6 Å². The molecule has 2 aromatic carbocycles. The van der Waals surface area contributed by atoms with E-state index in [2.05, 4.69) is 10.5 Å². The van der Waals surface area contributed by atoms with Crippen LogP contribution >= 0.6 is 11.6 Å². The van der Waals surface area contributed by atoms with Crippen molar-refractivity contribution in [2.24, 2.45) is 21.4 Å². The smallest absolute Gasteiger partial charge is 0.365 e. The Labute approximate surface area is 213 Å². The highest BCUT2D eigenvalue weighted by Crippen LogP contribution is 2.71. The lowest BCUT2D eigenvalue weighted by atomic mass is 9.64. The van der Waals surface area contributed by atoms with E-state index in [4.69, 9.17) is 21.2 Å². The Hall–Kier alpha value is -3.46. The molecule has 0 spiro atoms. The van der Waals surface area contributed by atoms with Gasteiger partial charge in [-0.3, -0.25) is 14.9 Å². The number of aryl methyl sites for hydroxylation is 1. The fourth-order valence-electron chi connectivity index (χ4n) is 5.61. The normalized spacial score (nSPS) is 25.0. The van der Waals surface area contributed by atoms with E-state index in [9.17, 15) is 19.7 Å². The van der Waals surface area contributed by atoms with Gasteiger partial charge in [0.25, 0.3) is 5.69 Å². The summed E-state index contributed by atoms with van der Waals surface area (Å²) >= 11 is 5.83. The number of methoxy groups -OCH3 is 1. The summed E-state index contributed by atoms with van der Waals surface area (Å²) in [4.78, 5) is 42.1. The van der Waals surface area contributed by atoms with Crippen molar-refractivity contribution in [2.45, 2.75) is 47.0 Å². The van der Waals surface area contributed by atoms with Crippen molar-refractivity contribution < 1.29 is 24.1 Å². The molecular weight excluding hydrogens is 486 g/mol. The first kappa shape index (κ1) is 25.6. The molecule has 2 aliphatic rings. The zero-order valence-electron chi connectivity index (χ0n) is 20.8. The van der Waals surface area contributed by atoms with Crippen LogP contribution in [0.4, 0.5) is 11.4 Å². The van der Waals surface area contributed by atoms with Gasteiger partial charge in [-0.1, -0.05) is 43.6 Å². The first-order valence-electron chi connectivity index (χ1n) is 11.5. The molecule has 2 aliphatic carbocycles. The van der Waals surface area contributed by atoms with E-state index in [-0.39, 0.29) is 16.5 Å². The molecule has 10 heteroatoms. The average Bonchev–Trinajstić information content (AvgIpc) is 3.13. The number of anilines is 1. The number of oxime groups is 1. The third-order valence-electron chi connectivity index (χ3n) is 8.39. The van der Waals surface area contributed by atoms with E-state index in [1.165, 1.54) is 12.1 Å². The number of nitro groups is 1. The second-order valence-corrected chi connectivity index (χ2v) is 10.6. The topological polar surface area (TPSA) is 120 Å². The fourth-order valence-corrected chi connectivity index (χ4v) is 5.80. The van der Waals surface area contributed by atoms with Crippen molar-refractivity contribution in [2.75, 3.05) is 12.4 Å². The Bertz CT molecular complexity index is 1310. The molecule has 0 radical (unpaired) electrons. The van der Waals surface area contributed by atoms with Crippen LogP contribution in [0.25, 0.3) is 0 Å². The van der Waals surface area contributed by atoms with Gasteiger partial charge in [0.15, 0.2) is 0 Å². The van der Waals surface area contributed by atoms with E-state index >= 15 is 0 Å². The van der Waals surface area contributed by atoms with Gasteiger partial charge in [-0.2, -0.15) is 0 Å². The van der Waals surface area contributed by atoms with E-state index in [1.807, 2.05) is 45.9 Å². The molecule has 0 aliphatic heterocycles. The van der Waals surface area contributed by atoms with Gasteiger partial charge in [0, 0.05) is 17.9 Å². The number of nitrogens with one attached hydrogen (secondary N) is 1. The molecule has 2 unspecified atom stereocenters. The summed E-state index contributed by atoms with van der Waals surface area (Å²) in [5.41, 5.74) is 0.0435. The first-order chi connectivity index (χ1) is 16.9. The number of nitro benzene ring substituents is 1. The van der Waals surface area contributed by atoms with E-state index in [0.717, 1.165) is 11.6 Å². The molecule has 190 valence electrons. The second-order valence-electron chi connectivity index (χ2n) is 10.2. The number of rotatable bonds is 6. The number of carbonyl (C=O) groups excluding carboxylic acids is 2. The molecule has 2 aromatic rings. The molecule has 1 N–H and O–H groups in total. The highest BCUT2D eigenvalue weighted by molar-refractivity contribution is 6.32. The SMILES string of the molecule is COc1ccc(C)cc1NC(=O)C12CCC(C)(/C(=N\OC(=O)c3ccc(Cl)c([N+](=O)[O-])c3)C1)C2(C)C. The highest BCUT2D eigenvalue weighted by atomic mass is 35.5. The molecule has 2 saturated carbocycles. The summed E-state index contributed by atoms with van der Waals surface area (Å²) in [6, 6.07) is 9.26. The molecular formula is C26H28ClN3O6. The summed E-state index contributed by atoms with van der Waals surface area (Å²) in [5.74, 6) is -0.402. The van der Waals surface area contributed by atoms with Crippen LogP contribution in [-0.4, -0.2) is 29.6 Å². The number of hydrogen-bond acceptors (Lipinski definition) is 7. The van der Waals surface area contributed by atoms with Gasteiger partial charge in [0.05, 0.1) is 34.4 Å². The number of ether oxygens (including phenoxy) is 1. The average molecular weight is 514 g/mol. The molecule has 36 heavy (non-hydrogen) atoms. The number of halogens is 1. The summed E-state index contributed by atoms with van der Waals surface area (Å²) in [5, 5.41) is 18.3. The van der Waals surface area contributed by atoms with Gasteiger partial charge < -0.3 is 14.9 Å². The number of amides is 1. The van der Waals surface area contributed by atoms with Crippen LogP contribution in [0.3, 0.4) is 0 Å². The standard InChI is InChI=1S/C26H28ClN3O6/c1-15-6-9-20(35-5)18(12-15)28-23(32)26-11-10-25(4,24(26,2)3)21(14-26)29-36-22(31)16-7-8-17(27)19(13-16)30(33)34/h6-9,12-13H,10-11,14H2,1-5H3,(H,28,32)/b29-21-. The third kappa shape index (κ3) is 3.82. The highest BCUT2D eigenvalue weighted by Gasteiger charge is 2.71. The van der Waals surface area contributed by atoms with Crippen LogP contribution in [0.1, 0.15) is 56.0 Å². The van der Waals surface area contributed by atoms with E-state index in [1.54, 1.807) is 7.11 Å². The molecule has 1 amide bonds. The first-order valence-corrected chi connectivity index (χ1v) is 11.9. The Morgan fingerprint density at radius 3 is 2.53 bits per heavy atom. The van der Waals surface area contributed by atoms with Crippen LogP contribution in [0.5, 0.6) is 5.75 Å². The summed E-state index contributed by atoms with van der Waals surface area (Å²) in [6.45, 7) is 8.05. The maximum absolute atomic E-state index is 13.8. The number of nitrogens with zero attached hydrogens (tertiary/aromatic N) is 2. The molecule has 2 fully saturated rings. The van der Waals surface area contributed by atoms with Crippen molar-refractivity contribution in [3.63, 3.8) is 0 Å². The van der Waals surface area contributed by atoms with E-state index < -0.39 is 32.8 Å². The number of fused-ring (bicyclic) bond motifs is 2.